The van der Waals surface area contributed by atoms with E-state index in [9.17, 15) is 13.2 Å². The van der Waals surface area contributed by atoms with Gasteiger partial charge in [-0.15, -0.1) is 23.7 Å². The number of aryl methyl sites for hydroxylation is 1. The van der Waals surface area contributed by atoms with Crippen molar-refractivity contribution in [1.82, 2.24) is 19.2 Å². The Morgan fingerprint density at radius 2 is 2.20 bits per heavy atom. The highest BCUT2D eigenvalue weighted by Crippen LogP contribution is 2.31. The predicted octanol–water partition coefficient (Wildman–Crippen LogP) is 1.03. The molecule has 0 aromatic carbocycles. The summed E-state index contributed by atoms with van der Waals surface area (Å²) in [6.07, 6.45) is 3.43. The number of thiophene rings is 1. The lowest BCUT2D eigenvalue weighted by molar-refractivity contribution is 0.0606. The van der Waals surface area contributed by atoms with Crippen LogP contribution >= 0.6 is 23.7 Å². The number of imidazole rings is 1. The van der Waals surface area contributed by atoms with Gasteiger partial charge in [-0.25, -0.2) is 18.2 Å². The lowest BCUT2D eigenvalue weighted by atomic mass is 10.2. The van der Waals surface area contributed by atoms with E-state index in [0.29, 0.717) is 25.5 Å². The van der Waals surface area contributed by atoms with Gasteiger partial charge >= 0.3 is 5.97 Å². The fourth-order valence-electron chi connectivity index (χ4n) is 2.68. The number of piperazine rings is 1. The quantitative estimate of drug-likeness (QED) is 0.762. The van der Waals surface area contributed by atoms with Gasteiger partial charge in [0.15, 0.2) is 0 Å². The van der Waals surface area contributed by atoms with Crippen molar-refractivity contribution >= 4 is 39.7 Å². The maximum atomic E-state index is 13.0. The third-order valence-corrected chi connectivity index (χ3v) is 7.32. The Balaban J connectivity index is 0.00000225. The Labute approximate surface area is 156 Å². The lowest BCUT2D eigenvalue weighted by Crippen LogP contribution is -2.49. The molecule has 0 amide bonds. The van der Waals surface area contributed by atoms with Crippen LogP contribution in [0.4, 0.5) is 0 Å². The zero-order valence-corrected chi connectivity index (χ0v) is 16.2. The summed E-state index contributed by atoms with van der Waals surface area (Å²) in [6, 6.07) is 2.53. The van der Waals surface area contributed by atoms with Crippen molar-refractivity contribution in [2.24, 2.45) is 7.05 Å². The van der Waals surface area contributed by atoms with Crippen molar-refractivity contribution in [3.63, 3.8) is 0 Å². The van der Waals surface area contributed by atoms with Crippen LogP contribution in [0.15, 0.2) is 28.7 Å². The van der Waals surface area contributed by atoms with E-state index >= 15 is 0 Å². The number of carbonyl (C=O) groups excluding carboxylic acids is 1. The van der Waals surface area contributed by atoms with Crippen LogP contribution in [0.25, 0.3) is 0 Å². The van der Waals surface area contributed by atoms with E-state index in [4.69, 9.17) is 0 Å². The summed E-state index contributed by atoms with van der Waals surface area (Å²) in [6.45, 7) is 1.39. The van der Waals surface area contributed by atoms with E-state index in [2.05, 4.69) is 15.0 Å². The molecule has 0 radical (unpaired) electrons. The average Bonchev–Trinajstić information content (AvgIpc) is 3.23. The summed E-state index contributed by atoms with van der Waals surface area (Å²) in [5.74, 6) is 0.137. The van der Waals surface area contributed by atoms with Gasteiger partial charge < -0.3 is 14.6 Å². The van der Waals surface area contributed by atoms with Crippen LogP contribution in [0.1, 0.15) is 21.5 Å². The Morgan fingerprint density at radius 1 is 1.44 bits per heavy atom. The van der Waals surface area contributed by atoms with E-state index in [0.717, 1.165) is 11.3 Å². The van der Waals surface area contributed by atoms with Crippen molar-refractivity contribution < 1.29 is 17.9 Å². The summed E-state index contributed by atoms with van der Waals surface area (Å²) in [5, 5.41) is 3.21. The summed E-state index contributed by atoms with van der Waals surface area (Å²) in [5.41, 5.74) is 0. The third kappa shape index (κ3) is 3.72. The second kappa shape index (κ2) is 7.83. The largest absolute Gasteiger partial charge is 0.465 e. The molecule has 25 heavy (non-hydrogen) atoms. The first kappa shape index (κ1) is 19.9. The number of rotatable bonds is 4. The van der Waals surface area contributed by atoms with Gasteiger partial charge in [0.05, 0.1) is 13.2 Å². The van der Waals surface area contributed by atoms with Gasteiger partial charge in [0.25, 0.3) is 10.0 Å². The van der Waals surface area contributed by atoms with Gasteiger partial charge in [-0.2, -0.15) is 4.31 Å². The number of halogens is 1. The molecule has 1 fully saturated rings. The number of aromatic nitrogens is 2. The van der Waals surface area contributed by atoms with Crippen LogP contribution in [0.3, 0.4) is 0 Å². The van der Waals surface area contributed by atoms with Crippen LogP contribution in [0.5, 0.6) is 0 Å². The molecular formula is C14H19ClN4O4S2. The minimum absolute atomic E-state index is 0. The first-order valence-corrected chi connectivity index (χ1v) is 9.58. The molecule has 1 aliphatic rings. The normalized spacial score (nSPS) is 18.6. The van der Waals surface area contributed by atoms with E-state index in [-0.39, 0.29) is 21.5 Å². The van der Waals surface area contributed by atoms with Gasteiger partial charge in [-0.05, 0) is 12.1 Å². The SMILES string of the molecule is COC(=O)c1ccc(S(=O)(=O)N2CCNCC2c2nccn2C)s1.Cl. The van der Waals surface area contributed by atoms with Gasteiger partial charge in [0, 0.05) is 39.1 Å². The van der Waals surface area contributed by atoms with Gasteiger partial charge in [0.2, 0.25) is 0 Å². The molecule has 1 atom stereocenters. The zero-order valence-electron chi connectivity index (χ0n) is 13.7. The minimum atomic E-state index is -3.72. The second-order valence-corrected chi connectivity index (χ2v) is 8.54. The topological polar surface area (TPSA) is 93.5 Å². The van der Waals surface area contributed by atoms with E-state index in [1.807, 2.05) is 11.6 Å². The van der Waals surface area contributed by atoms with Crippen LogP contribution in [-0.2, 0) is 21.8 Å². The predicted molar refractivity (Wildman–Crippen MR) is 95.6 cm³/mol. The molecule has 0 bridgehead atoms. The van der Waals surface area contributed by atoms with E-state index < -0.39 is 22.0 Å². The summed E-state index contributed by atoms with van der Waals surface area (Å²) >= 11 is 0.918. The third-order valence-electron chi connectivity index (χ3n) is 3.88. The molecule has 0 spiro atoms. The van der Waals surface area contributed by atoms with E-state index in [1.165, 1.54) is 23.5 Å². The highest BCUT2D eigenvalue weighted by atomic mass is 35.5. The molecule has 2 aromatic rings. The fourth-order valence-corrected chi connectivity index (χ4v) is 5.62. The van der Waals surface area contributed by atoms with Gasteiger partial charge in [-0.3, -0.25) is 0 Å². The minimum Gasteiger partial charge on any atom is -0.465 e. The van der Waals surface area contributed by atoms with Crippen molar-refractivity contribution in [1.29, 1.82) is 0 Å². The zero-order chi connectivity index (χ0) is 17.3. The number of sulfonamides is 1. The molecular weight excluding hydrogens is 388 g/mol. The molecule has 0 saturated carbocycles. The monoisotopic (exact) mass is 406 g/mol. The summed E-state index contributed by atoms with van der Waals surface area (Å²) in [7, 11) is -0.621. The Kier molecular flexibility index (Phi) is 6.22. The molecule has 1 N–H and O–H groups in total. The van der Waals surface area contributed by atoms with Crippen LogP contribution in [0.2, 0.25) is 0 Å². The summed E-state index contributed by atoms with van der Waals surface area (Å²) in [4.78, 5) is 16.1. The van der Waals surface area contributed by atoms with Crippen molar-refractivity contribution in [2.45, 2.75) is 10.3 Å². The maximum Gasteiger partial charge on any atom is 0.348 e. The first-order valence-electron chi connectivity index (χ1n) is 7.33. The molecule has 3 rings (SSSR count). The van der Waals surface area contributed by atoms with Crippen molar-refractivity contribution in [3.8, 4) is 0 Å². The molecule has 2 aromatic heterocycles. The summed E-state index contributed by atoms with van der Waals surface area (Å²) < 4.78 is 34.1. The first-order chi connectivity index (χ1) is 11.4. The highest BCUT2D eigenvalue weighted by Gasteiger charge is 2.37. The number of carbonyl (C=O) groups is 1. The smallest absolute Gasteiger partial charge is 0.348 e. The van der Waals surface area contributed by atoms with Crippen LogP contribution in [-0.4, -0.2) is 55.0 Å². The molecule has 1 aliphatic heterocycles. The Morgan fingerprint density at radius 3 is 2.84 bits per heavy atom. The van der Waals surface area contributed by atoms with Crippen molar-refractivity contribution in [3.05, 3.63) is 35.2 Å². The van der Waals surface area contributed by atoms with Gasteiger partial charge in [0.1, 0.15) is 14.9 Å². The van der Waals surface area contributed by atoms with Crippen LogP contribution in [0, 0.1) is 0 Å². The number of methoxy groups -OCH3 is 1. The standard InChI is InChI=1S/C14H18N4O4S2.ClH/c1-17-7-6-16-13(17)10-9-15-5-8-18(10)24(20,21)12-4-3-11(23-12)14(19)22-2;/h3-4,6-7,10,15H,5,8-9H2,1-2H3;1H. The molecule has 138 valence electrons. The highest BCUT2D eigenvalue weighted by molar-refractivity contribution is 7.91. The molecule has 0 aliphatic carbocycles. The molecule has 8 nitrogen and oxygen atoms in total. The molecule has 11 heteroatoms. The number of esters is 1. The van der Waals surface area contributed by atoms with Crippen molar-refractivity contribution in [2.75, 3.05) is 26.7 Å². The maximum absolute atomic E-state index is 13.0. The fraction of sp³-hybridized carbons (Fsp3) is 0.429. The van der Waals surface area contributed by atoms with Gasteiger partial charge in [-0.1, -0.05) is 0 Å². The Bertz CT molecular complexity index is 849. The molecule has 1 saturated heterocycles. The number of nitrogens with zero attached hydrogens (tertiary/aromatic N) is 3. The van der Waals surface area contributed by atoms with E-state index in [1.54, 1.807) is 12.4 Å². The Hall–Kier alpha value is -1.46. The molecule has 3 heterocycles. The molecule has 1 unspecified atom stereocenters. The number of hydrogen-bond donors (Lipinski definition) is 1. The number of nitrogens with one attached hydrogen (secondary N) is 1. The second-order valence-electron chi connectivity index (χ2n) is 5.34. The van der Waals surface area contributed by atoms with Crippen LogP contribution < -0.4 is 5.32 Å². The average molecular weight is 407 g/mol. The number of ether oxygens (including phenoxy) is 1. The lowest BCUT2D eigenvalue weighted by Gasteiger charge is -2.34. The number of hydrogen-bond acceptors (Lipinski definition) is 7.